The number of rotatable bonds is 7. The number of hydrogen-bond donors (Lipinski definition) is 4. The third-order valence-corrected chi connectivity index (χ3v) is 3.43. The fraction of sp³-hybridized carbons (Fsp3) is 0.818. The first-order valence-corrected chi connectivity index (χ1v) is 5.86. The zero-order chi connectivity index (χ0) is 12.9. The summed E-state index contributed by atoms with van der Waals surface area (Å²) in [4.78, 5) is 22.5. The summed E-state index contributed by atoms with van der Waals surface area (Å²) in [5, 5.41) is 20.0. The Bertz CT molecular complexity index is 284. The van der Waals surface area contributed by atoms with Gasteiger partial charge in [0.1, 0.15) is 6.04 Å². The van der Waals surface area contributed by atoms with Gasteiger partial charge < -0.3 is 21.3 Å². The monoisotopic (exact) mass is 244 g/mol. The molecule has 1 fully saturated rings. The quantitative estimate of drug-likeness (QED) is 0.480. The molecule has 0 aromatic heterocycles. The molecular formula is C11H20N2O4. The molecule has 0 unspecified atom stereocenters. The summed E-state index contributed by atoms with van der Waals surface area (Å²) in [5.74, 6) is -1.42. The molecule has 0 aromatic carbocycles. The van der Waals surface area contributed by atoms with Gasteiger partial charge in [0.05, 0.1) is 0 Å². The van der Waals surface area contributed by atoms with Gasteiger partial charge in [-0.1, -0.05) is 6.42 Å². The summed E-state index contributed by atoms with van der Waals surface area (Å²) in [6.45, 7) is 0.192. The molecule has 0 heterocycles. The Morgan fingerprint density at radius 1 is 1.41 bits per heavy atom. The molecule has 0 spiro atoms. The van der Waals surface area contributed by atoms with Gasteiger partial charge in [0.15, 0.2) is 0 Å². The topological polar surface area (TPSA) is 113 Å². The van der Waals surface area contributed by atoms with E-state index in [0.717, 1.165) is 19.3 Å². The van der Waals surface area contributed by atoms with Crippen LogP contribution in [-0.4, -0.2) is 41.3 Å². The number of amides is 1. The van der Waals surface area contributed by atoms with Crippen LogP contribution in [0.4, 0.5) is 0 Å². The first kappa shape index (κ1) is 13.9. The van der Waals surface area contributed by atoms with Crippen molar-refractivity contribution < 1.29 is 19.8 Å². The fourth-order valence-corrected chi connectivity index (χ4v) is 2.10. The molecule has 0 aromatic rings. The molecule has 5 N–H and O–H groups in total. The van der Waals surface area contributed by atoms with Crippen LogP contribution in [0.2, 0.25) is 0 Å². The van der Waals surface area contributed by atoms with Gasteiger partial charge >= 0.3 is 5.97 Å². The maximum atomic E-state index is 11.7. The molecule has 1 aliphatic carbocycles. The summed E-state index contributed by atoms with van der Waals surface area (Å²) < 4.78 is 0. The molecule has 1 aliphatic rings. The Balaban J connectivity index is 2.44. The van der Waals surface area contributed by atoms with Crippen molar-refractivity contribution in [3.05, 3.63) is 0 Å². The third-order valence-electron chi connectivity index (χ3n) is 3.43. The fourth-order valence-electron chi connectivity index (χ4n) is 2.10. The van der Waals surface area contributed by atoms with E-state index in [1.54, 1.807) is 0 Å². The highest BCUT2D eigenvalue weighted by molar-refractivity contribution is 5.83. The molecule has 1 amide bonds. The number of aliphatic carboxylic acids is 1. The lowest BCUT2D eigenvalue weighted by molar-refractivity contribution is -0.142. The van der Waals surface area contributed by atoms with Gasteiger partial charge in [-0.25, -0.2) is 4.79 Å². The zero-order valence-corrected chi connectivity index (χ0v) is 9.82. The van der Waals surface area contributed by atoms with Crippen LogP contribution >= 0.6 is 0 Å². The van der Waals surface area contributed by atoms with Crippen LogP contribution in [-0.2, 0) is 9.59 Å². The SMILES string of the molecule is NCC1(CC(=O)N[C@H](CCO)C(=O)O)CCC1. The Morgan fingerprint density at radius 2 is 2.06 bits per heavy atom. The lowest BCUT2D eigenvalue weighted by Crippen LogP contribution is -2.46. The minimum absolute atomic E-state index is 0.0245. The molecule has 1 rings (SSSR count). The summed E-state index contributed by atoms with van der Waals surface area (Å²) >= 11 is 0. The van der Waals surface area contributed by atoms with Crippen molar-refractivity contribution >= 4 is 11.9 Å². The minimum Gasteiger partial charge on any atom is -0.480 e. The van der Waals surface area contributed by atoms with Gasteiger partial charge in [-0.3, -0.25) is 4.79 Å². The van der Waals surface area contributed by atoms with Crippen molar-refractivity contribution in [3.63, 3.8) is 0 Å². The molecule has 6 heteroatoms. The number of aliphatic hydroxyl groups excluding tert-OH is 1. The summed E-state index contributed by atoms with van der Waals surface area (Å²) in [5.41, 5.74) is 5.50. The lowest BCUT2D eigenvalue weighted by atomic mass is 9.66. The molecule has 17 heavy (non-hydrogen) atoms. The zero-order valence-electron chi connectivity index (χ0n) is 9.82. The summed E-state index contributed by atoms with van der Waals surface area (Å²) in [7, 11) is 0. The van der Waals surface area contributed by atoms with Crippen LogP contribution in [0.3, 0.4) is 0 Å². The van der Waals surface area contributed by atoms with Gasteiger partial charge in [-0.15, -0.1) is 0 Å². The van der Waals surface area contributed by atoms with Crippen molar-refractivity contribution in [1.29, 1.82) is 0 Å². The number of nitrogens with one attached hydrogen (secondary N) is 1. The van der Waals surface area contributed by atoms with E-state index in [-0.39, 0.29) is 30.8 Å². The summed E-state index contributed by atoms with van der Waals surface area (Å²) in [6, 6.07) is -1.01. The number of hydrogen-bond acceptors (Lipinski definition) is 4. The second kappa shape index (κ2) is 5.97. The van der Waals surface area contributed by atoms with Gasteiger partial charge in [0, 0.05) is 19.4 Å². The molecule has 0 saturated heterocycles. The van der Waals surface area contributed by atoms with E-state index >= 15 is 0 Å². The van der Waals surface area contributed by atoms with Crippen LogP contribution < -0.4 is 11.1 Å². The molecular weight excluding hydrogens is 224 g/mol. The predicted octanol–water partition coefficient (Wildman–Crippen LogP) is -0.543. The standard InChI is InChI=1S/C11H20N2O4/c12-7-11(3-1-4-11)6-9(15)13-8(2-5-14)10(16)17/h8,14H,1-7,12H2,(H,13,15)(H,16,17)/t8-/m1/s1. The van der Waals surface area contributed by atoms with E-state index < -0.39 is 12.0 Å². The maximum absolute atomic E-state index is 11.7. The molecule has 0 bridgehead atoms. The van der Waals surface area contributed by atoms with Gasteiger partial charge in [-0.05, 0) is 24.8 Å². The average Bonchev–Trinajstić information content (AvgIpc) is 2.22. The van der Waals surface area contributed by atoms with Crippen LogP contribution in [0.15, 0.2) is 0 Å². The van der Waals surface area contributed by atoms with Crippen molar-refractivity contribution in [2.45, 2.75) is 38.1 Å². The normalized spacial score (nSPS) is 19.2. The number of nitrogens with two attached hydrogens (primary N) is 1. The number of carboxylic acids is 1. The van der Waals surface area contributed by atoms with Crippen molar-refractivity contribution in [3.8, 4) is 0 Å². The highest BCUT2D eigenvalue weighted by Crippen LogP contribution is 2.42. The van der Waals surface area contributed by atoms with Crippen LogP contribution in [0.1, 0.15) is 32.1 Å². The molecule has 6 nitrogen and oxygen atoms in total. The van der Waals surface area contributed by atoms with Gasteiger partial charge in [-0.2, -0.15) is 0 Å². The Hall–Kier alpha value is -1.14. The molecule has 1 atom stereocenters. The number of carboxylic acid groups (broad SMARTS) is 1. The van der Waals surface area contributed by atoms with Crippen molar-refractivity contribution in [2.75, 3.05) is 13.2 Å². The van der Waals surface area contributed by atoms with E-state index in [1.807, 2.05) is 0 Å². The maximum Gasteiger partial charge on any atom is 0.326 e. The number of aliphatic hydroxyl groups is 1. The molecule has 98 valence electrons. The first-order chi connectivity index (χ1) is 8.03. The van der Waals surface area contributed by atoms with E-state index in [4.69, 9.17) is 15.9 Å². The first-order valence-electron chi connectivity index (χ1n) is 5.86. The average molecular weight is 244 g/mol. The van der Waals surface area contributed by atoms with E-state index in [1.165, 1.54) is 0 Å². The van der Waals surface area contributed by atoms with Crippen molar-refractivity contribution in [2.24, 2.45) is 11.1 Å². The third kappa shape index (κ3) is 3.67. The van der Waals surface area contributed by atoms with E-state index in [0.29, 0.717) is 6.54 Å². The Kier molecular flexibility index (Phi) is 4.89. The van der Waals surface area contributed by atoms with Crippen molar-refractivity contribution in [1.82, 2.24) is 5.32 Å². The Morgan fingerprint density at radius 3 is 2.41 bits per heavy atom. The second-order valence-corrected chi connectivity index (χ2v) is 4.71. The van der Waals surface area contributed by atoms with Crippen LogP contribution in [0.25, 0.3) is 0 Å². The van der Waals surface area contributed by atoms with E-state index in [2.05, 4.69) is 5.32 Å². The molecule has 0 aliphatic heterocycles. The number of carbonyl (C=O) groups excluding carboxylic acids is 1. The second-order valence-electron chi connectivity index (χ2n) is 4.71. The predicted molar refractivity (Wildman–Crippen MR) is 61.2 cm³/mol. The lowest BCUT2D eigenvalue weighted by Gasteiger charge is -2.40. The Labute approximate surface area is 100 Å². The molecule has 1 saturated carbocycles. The summed E-state index contributed by atoms with van der Waals surface area (Å²) in [6.07, 6.45) is 3.22. The smallest absolute Gasteiger partial charge is 0.326 e. The molecule has 0 radical (unpaired) electrons. The van der Waals surface area contributed by atoms with Gasteiger partial charge in [0.25, 0.3) is 0 Å². The van der Waals surface area contributed by atoms with Crippen LogP contribution in [0.5, 0.6) is 0 Å². The number of carbonyl (C=O) groups is 2. The minimum atomic E-state index is -1.12. The highest BCUT2D eigenvalue weighted by atomic mass is 16.4. The van der Waals surface area contributed by atoms with Gasteiger partial charge in [0.2, 0.25) is 5.91 Å². The highest BCUT2D eigenvalue weighted by Gasteiger charge is 2.38. The van der Waals surface area contributed by atoms with Crippen LogP contribution in [0, 0.1) is 5.41 Å². The largest absolute Gasteiger partial charge is 0.480 e. The van der Waals surface area contributed by atoms with E-state index in [9.17, 15) is 9.59 Å².